The summed E-state index contributed by atoms with van der Waals surface area (Å²) in [5.74, 6) is 0.504. The minimum atomic E-state index is -3.48. The van der Waals surface area contributed by atoms with Crippen molar-refractivity contribution in [3.63, 3.8) is 0 Å². The van der Waals surface area contributed by atoms with Crippen LogP contribution in [0.3, 0.4) is 0 Å². The Morgan fingerprint density at radius 2 is 1.67 bits per heavy atom. The van der Waals surface area contributed by atoms with Crippen LogP contribution in [-0.2, 0) is 10.0 Å². The highest BCUT2D eigenvalue weighted by Crippen LogP contribution is 2.21. The minimum Gasteiger partial charge on any atom is -0.508 e. The molecule has 102 valence electrons. The molecule has 1 atom stereocenters. The molecule has 0 saturated carbocycles. The molecule has 1 aromatic carbocycles. The van der Waals surface area contributed by atoms with Crippen molar-refractivity contribution in [3.05, 3.63) is 24.3 Å². The second kappa shape index (κ2) is 5.71. The van der Waals surface area contributed by atoms with E-state index in [2.05, 4.69) is 13.8 Å². The highest BCUT2D eigenvalue weighted by Gasteiger charge is 2.25. The SMILES string of the molecule is CC(C)CC(C)N(C)S(=O)(=O)c1ccc(O)cc1. The van der Waals surface area contributed by atoms with Gasteiger partial charge in [-0.2, -0.15) is 4.31 Å². The van der Waals surface area contributed by atoms with Gasteiger partial charge in [-0.3, -0.25) is 0 Å². The lowest BCUT2D eigenvalue weighted by Crippen LogP contribution is -2.35. The van der Waals surface area contributed by atoms with Crippen molar-refractivity contribution in [3.8, 4) is 5.75 Å². The van der Waals surface area contributed by atoms with Crippen molar-refractivity contribution < 1.29 is 13.5 Å². The number of aromatic hydroxyl groups is 1. The minimum absolute atomic E-state index is 0.0520. The van der Waals surface area contributed by atoms with E-state index in [1.807, 2.05) is 6.92 Å². The first-order chi connectivity index (χ1) is 8.25. The van der Waals surface area contributed by atoms with Crippen LogP contribution in [0.4, 0.5) is 0 Å². The maximum absolute atomic E-state index is 12.3. The molecule has 4 nitrogen and oxygen atoms in total. The monoisotopic (exact) mass is 271 g/mol. The molecule has 0 bridgehead atoms. The smallest absolute Gasteiger partial charge is 0.243 e. The van der Waals surface area contributed by atoms with Gasteiger partial charge in [0.2, 0.25) is 10.0 Å². The van der Waals surface area contributed by atoms with E-state index < -0.39 is 10.0 Å². The zero-order valence-corrected chi connectivity index (χ0v) is 12.1. The van der Waals surface area contributed by atoms with Crippen LogP contribution in [0.5, 0.6) is 5.75 Å². The Balaban J connectivity index is 2.96. The largest absolute Gasteiger partial charge is 0.508 e. The summed E-state index contributed by atoms with van der Waals surface area (Å²) < 4.78 is 26.0. The van der Waals surface area contributed by atoms with Crippen LogP contribution in [0.2, 0.25) is 0 Å². The molecule has 0 amide bonds. The van der Waals surface area contributed by atoms with Crippen LogP contribution in [0, 0.1) is 5.92 Å². The number of hydrogen-bond donors (Lipinski definition) is 1. The van der Waals surface area contributed by atoms with Gasteiger partial charge in [-0.15, -0.1) is 0 Å². The summed E-state index contributed by atoms with van der Waals surface area (Å²) in [5, 5.41) is 9.18. The van der Waals surface area contributed by atoms with Gasteiger partial charge in [0.15, 0.2) is 0 Å². The fourth-order valence-corrected chi connectivity index (χ4v) is 3.22. The van der Waals surface area contributed by atoms with Crippen LogP contribution >= 0.6 is 0 Å². The van der Waals surface area contributed by atoms with Crippen LogP contribution in [0.25, 0.3) is 0 Å². The molecule has 0 aromatic heterocycles. The molecule has 0 aliphatic rings. The van der Waals surface area contributed by atoms with Gasteiger partial charge in [0, 0.05) is 13.1 Å². The third-order valence-corrected chi connectivity index (χ3v) is 4.93. The summed E-state index contributed by atoms with van der Waals surface area (Å²) in [6.07, 6.45) is 0.813. The average Bonchev–Trinajstić information content (AvgIpc) is 2.27. The van der Waals surface area contributed by atoms with E-state index in [0.717, 1.165) is 6.42 Å². The number of sulfonamides is 1. The number of phenolic OH excluding ortho intramolecular Hbond substituents is 1. The van der Waals surface area contributed by atoms with Crippen LogP contribution < -0.4 is 0 Å². The molecule has 1 aromatic rings. The van der Waals surface area contributed by atoms with E-state index >= 15 is 0 Å². The lowest BCUT2D eigenvalue weighted by atomic mass is 10.1. The van der Waals surface area contributed by atoms with Crippen LogP contribution in [0.15, 0.2) is 29.2 Å². The molecule has 1 N–H and O–H groups in total. The molecule has 18 heavy (non-hydrogen) atoms. The molecular formula is C13H21NO3S. The summed E-state index contributed by atoms with van der Waals surface area (Å²) in [7, 11) is -1.89. The maximum atomic E-state index is 12.3. The van der Waals surface area contributed by atoms with Crippen molar-refractivity contribution >= 4 is 10.0 Å². The van der Waals surface area contributed by atoms with Gasteiger partial charge in [0.1, 0.15) is 5.75 Å². The summed E-state index contributed by atoms with van der Waals surface area (Å²) in [5.41, 5.74) is 0. The standard InChI is InChI=1S/C13H21NO3S/c1-10(2)9-11(3)14(4)18(16,17)13-7-5-12(15)6-8-13/h5-8,10-11,15H,9H2,1-4H3. The van der Waals surface area contributed by atoms with Crippen molar-refractivity contribution in [1.82, 2.24) is 4.31 Å². The zero-order chi connectivity index (χ0) is 13.9. The molecule has 5 heteroatoms. The Morgan fingerprint density at radius 1 is 1.17 bits per heavy atom. The fourth-order valence-electron chi connectivity index (χ4n) is 1.85. The quantitative estimate of drug-likeness (QED) is 0.895. The van der Waals surface area contributed by atoms with Gasteiger partial charge in [0.25, 0.3) is 0 Å². The van der Waals surface area contributed by atoms with Crippen molar-refractivity contribution in [1.29, 1.82) is 0 Å². The Bertz CT molecular complexity index is 479. The lowest BCUT2D eigenvalue weighted by Gasteiger charge is -2.25. The fraction of sp³-hybridized carbons (Fsp3) is 0.538. The highest BCUT2D eigenvalue weighted by atomic mass is 32.2. The van der Waals surface area contributed by atoms with E-state index in [9.17, 15) is 13.5 Å². The molecule has 0 aliphatic heterocycles. The maximum Gasteiger partial charge on any atom is 0.243 e. The second-order valence-electron chi connectivity index (χ2n) is 4.99. The Morgan fingerprint density at radius 3 is 2.11 bits per heavy atom. The summed E-state index contributed by atoms with van der Waals surface area (Å²) in [4.78, 5) is 0.207. The topological polar surface area (TPSA) is 57.6 Å². The molecule has 0 fully saturated rings. The van der Waals surface area contributed by atoms with E-state index in [1.165, 1.54) is 28.6 Å². The predicted molar refractivity (Wildman–Crippen MR) is 72.0 cm³/mol. The molecule has 1 rings (SSSR count). The second-order valence-corrected chi connectivity index (χ2v) is 6.99. The molecular weight excluding hydrogens is 250 g/mol. The van der Waals surface area contributed by atoms with E-state index in [4.69, 9.17) is 0 Å². The molecule has 0 aliphatic carbocycles. The first-order valence-electron chi connectivity index (χ1n) is 6.02. The first-order valence-corrected chi connectivity index (χ1v) is 7.46. The number of nitrogens with zero attached hydrogens (tertiary/aromatic N) is 1. The Labute approximate surface area is 109 Å². The average molecular weight is 271 g/mol. The van der Waals surface area contributed by atoms with Gasteiger partial charge in [0.05, 0.1) is 4.90 Å². The number of benzene rings is 1. The zero-order valence-electron chi connectivity index (χ0n) is 11.3. The third kappa shape index (κ3) is 3.46. The van der Waals surface area contributed by atoms with Gasteiger partial charge in [-0.1, -0.05) is 13.8 Å². The first kappa shape index (κ1) is 15.0. The molecule has 1 unspecified atom stereocenters. The molecule has 0 radical (unpaired) electrons. The van der Waals surface area contributed by atoms with Gasteiger partial charge in [-0.05, 0) is 43.5 Å². The van der Waals surface area contributed by atoms with Crippen LogP contribution in [-0.4, -0.2) is 30.9 Å². The lowest BCUT2D eigenvalue weighted by molar-refractivity contribution is 0.338. The van der Waals surface area contributed by atoms with E-state index in [1.54, 1.807) is 7.05 Å². The van der Waals surface area contributed by atoms with Crippen molar-refractivity contribution in [2.24, 2.45) is 5.92 Å². The summed E-state index contributed by atoms with van der Waals surface area (Å²) >= 11 is 0. The normalized spacial score (nSPS) is 14.1. The molecule has 0 spiro atoms. The van der Waals surface area contributed by atoms with Gasteiger partial charge < -0.3 is 5.11 Å². The Kier molecular flexibility index (Phi) is 4.76. The van der Waals surface area contributed by atoms with Gasteiger partial charge in [-0.25, -0.2) is 8.42 Å². The highest BCUT2D eigenvalue weighted by molar-refractivity contribution is 7.89. The number of rotatable bonds is 5. The summed E-state index contributed by atoms with van der Waals surface area (Å²) in [6, 6.07) is 5.55. The van der Waals surface area contributed by atoms with Crippen molar-refractivity contribution in [2.45, 2.75) is 38.1 Å². The van der Waals surface area contributed by atoms with Crippen LogP contribution in [0.1, 0.15) is 27.2 Å². The summed E-state index contributed by atoms with van der Waals surface area (Å²) in [6.45, 7) is 6.03. The Hall–Kier alpha value is -1.07. The van der Waals surface area contributed by atoms with Gasteiger partial charge >= 0.3 is 0 Å². The molecule has 0 saturated heterocycles. The predicted octanol–water partition coefficient (Wildman–Crippen LogP) is 2.45. The number of phenols is 1. The van der Waals surface area contributed by atoms with E-state index in [-0.39, 0.29) is 16.7 Å². The molecule has 0 heterocycles. The number of hydrogen-bond acceptors (Lipinski definition) is 3. The van der Waals surface area contributed by atoms with E-state index in [0.29, 0.717) is 5.92 Å². The third-order valence-electron chi connectivity index (χ3n) is 2.95. The van der Waals surface area contributed by atoms with Crippen molar-refractivity contribution in [2.75, 3.05) is 7.05 Å².